The van der Waals surface area contributed by atoms with Crippen molar-refractivity contribution in [2.24, 2.45) is 0 Å². The number of carbonyl (C=O) groups is 2. The Hall–Kier alpha value is -3.84. The van der Waals surface area contributed by atoms with E-state index in [1.165, 1.54) is 0 Å². The third kappa shape index (κ3) is 5.55. The smallest absolute Gasteiger partial charge is 0.257 e. The van der Waals surface area contributed by atoms with Gasteiger partial charge in [0.15, 0.2) is 0 Å². The van der Waals surface area contributed by atoms with Crippen LogP contribution in [-0.2, 0) is 14.3 Å². The van der Waals surface area contributed by atoms with Crippen LogP contribution >= 0.6 is 0 Å². The van der Waals surface area contributed by atoms with E-state index in [0.29, 0.717) is 26.2 Å². The lowest BCUT2D eigenvalue weighted by atomic mass is 10.2. The largest absolute Gasteiger partial charge is 0.495 e. The number of hydrogen-bond acceptors (Lipinski definition) is 5. The van der Waals surface area contributed by atoms with Gasteiger partial charge in [0.2, 0.25) is 5.91 Å². The molecule has 0 radical (unpaired) electrons. The standard InChI is InChI=1S/C27H29N3O4/c1-33-25-15-9-8-14-24(25)28-16-18-29(19-17-28)26(31)20-34-21-27(32)30(22-10-4-2-5-11-22)23-12-6-3-7-13-23/h2-15H,16-21H2,1H3. The van der Waals surface area contributed by atoms with Crippen LogP contribution in [0.15, 0.2) is 84.9 Å². The fourth-order valence-corrected chi connectivity index (χ4v) is 4.06. The molecule has 4 rings (SSSR count). The molecule has 7 heteroatoms. The van der Waals surface area contributed by atoms with Crippen LogP contribution in [0, 0.1) is 0 Å². The van der Waals surface area contributed by atoms with Crippen molar-refractivity contribution >= 4 is 28.9 Å². The second-order valence-electron chi connectivity index (χ2n) is 7.93. The molecule has 1 aliphatic heterocycles. The zero-order valence-electron chi connectivity index (χ0n) is 19.3. The lowest BCUT2D eigenvalue weighted by Gasteiger charge is -2.36. The average molecular weight is 460 g/mol. The van der Waals surface area contributed by atoms with Crippen molar-refractivity contribution in [3.63, 3.8) is 0 Å². The first-order chi connectivity index (χ1) is 16.7. The molecule has 2 amide bonds. The Balaban J connectivity index is 1.30. The molecule has 1 aliphatic rings. The SMILES string of the molecule is COc1ccccc1N1CCN(C(=O)COCC(=O)N(c2ccccc2)c2ccccc2)CC1. The minimum Gasteiger partial charge on any atom is -0.495 e. The first kappa shape index (κ1) is 23.3. The molecule has 0 aliphatic carbocycles. The average Bonchev–Trinajstić information content (AvgIpc) is 2.90. The van der Waals surface area contributed by atoms with Crippen LogP contribution < -0.4 is 14.5 Å². The van der Waals surface area contributed by atoms with E-state index in [1.807, 2.05) is 84.9 Å². The quantitative estimate of drug-likeness (QED) is 0.514. The van der Waals surface area contributed by atoms with Crippen molar-refractivity contribution in [3.8, 4) is 5.75 Å². The Morgan fingerprint density at radius 2 is 1.32 bits per heavy atom. The van der Waals surface area contributed by atoms with E-state index in [-0.39, 0.29) is 25.0 Å². The molecule has 1 saturated heterocycles. The number of hydrogen-bond donors (Lipinski definition) is 0. The summed E-state index contributed by atoms with van der Waals surface area (Å²) in [5, 5.41) is 0. The predicted molar refractivity (Wildman–Crippen MR) is 133 cm³/mol. The zero-order valence-corrected chi connectivity index (χ0v) is 19.3. The fourth-order valence-electron chi connectivity index (χ4n) is 4.06. The molecule has 0 N–H and O–H groups in total. The van der Waals surface area contributed by atoms with Gasteiger partial charge in [0, 0.05) is 37.6 Å². The molecule has 1 heterocycles. The second-order valence-corrected chi connectivity index (χ2v) is 7.93. The summed E-state index contributed by atoms with van der Waals surface area (Å²) in [6.45, 7) is 2.29. The van der Waals surface area contributed by atoms with E-state index < -0.39 is 0 Å². The van der Waals surface area contributed by atoms with Crippen LogP contribution in [0.2, 0.25) is 0 Å². The zero-order chi connectivity index (χ0) is 23.8. The van der Waals surface area contributed by atoms with Crippen LogP contribution in [0.5, 0.6) is 5.75 Å². The molecule has 0 unspecified atom stereocenters. The predicted octanol–water partition coefficient (Wildman–Crippen LogP) is 3.73. The monoisotopic (exact) mass is 459 g/mol. The van der Waals surface area contributed by atoms with Gasteiger partial charge in [-0.15, -0.1) is 0 Å². The number of anilines is 3. The van der Waals surface area contributed by atoms with E-state index in [9.17, 15) is 9.59 Å². The number of para-hydroxylation sites is 4. The molecule has 0 aromatic heterocycles. The Kier molecular flexibility index (Phi) is 7.78. The number of benzene rings is 3. The summed E-state index contributed by atoms with van der Waals surface area (Å²) < 4.78 is 11.0. The highest BCUT2D eigenvalue weighted by Crippen LogP contribution is 2.28. The molecule has 176 valence electrons. The third-order valence-corrected chi connectivity index (χ3v) is 5.79. The number of ether oxygens (including phenoxy) is 2. The van der Waals surface area contributed by atoms with Crippen molar-refractivity contribution in [2.45, 2.75) is 0 Å². The van der Waals surface area contributed by atoms with Gasteiger partial charge in [-0.3, -0.25) is 14.5 Å². The van der Waals surface area contributed by atoms with Crippen molar-refractivity contribution in [1.29, 1.82) is 0 Å². The summed E-state index contributed by atoms with van der Waals surface area (Å²) in [6.07, 6.45) is 0. The van der Waals surface area contributed by atoms with Gasteiger partial charge in [0.25, 0.3) is 5.91 Å². The van der Waals surface area contributed by atoms with Crippen LogP contribution in [-0.4, -0.2) is 63.2 Å². The highest BCUT2D eigenvalue weighted by atomic mass is 16.5. The van der Waals surface area contributed by atoms with E-state index >= 15 is 0 Å². The molecular weight excluding hydrogens is 430 g/mol. The molecule has 7 nitrogen and oxygen atoms in total. The van der Waals surface area contributed by atoms with Crippen molar-refractivity contribution in [1.82, 2.24) is 4.90 Å². The van der Waals surface area contributed by atoms with Gasteiger partial charge in [-0.2, -0.15) is 0 Å². The van der Waals surface area contributed by atoms with Gasteiger partial charge in [-0.25, -0.2) is 0 Å². The fraction of sp³-hybridized carbons (Fsp3) is 0.259. The van der Waals surface area contributed by atoms with Crippen LogP contribution in [0.3, 0.4) is 0 Å². The summed E-state index contributed by atoms with van der Waals surface area (Å²) in [6, 6.07) is 26.7. The second kappa shape index (κ2) is 11.3. The van der Waals surface area contributed by atoms with E-state index in [1.54, 1.807) is 16.9 Å². The van der Waals surface area contributed by atoms with Crippen LogP contribution in [0.1, 0.15) is 0 Å². The lowest BCUT2D eigenvalue weighted by molar-refractivity contribution is -0.138. The molecule has 0 bridgehead atoms. The van der Waals surface area contributed by atoms with E-state index in [2.05, 4.69) is 4.90 Å². The first-order valence-electron chi connectivity index (χ1n) is 11.3. The molecule has 0 atom stereocenters. The normalized spacial score (nSPS) is 13.4. The Morgan fingerprint density at radius 1 is 0.765 bits per heavy atom. The maximum atomic E-state index is 13.0. The molecular formula is C27H29N3O4. The number of rotatable bonds is 8. The van der Waals surface area contributed by atoms with Crippen molar-refractivity contribution in [2.75, 3.05) is 56.3 Å². The van der Waals surface area contributed by atoms with Gasteiger partial charge in [0.05, 0.1) is 12.8 Å². The summed E-state index contributed by atoms with van der Waals surface area (Å²) in [4.78, 5) is 31.3. The number of piperazine rings is 1. The minimum absolute atomic E-state index is 0.113. The van der Waals surface area contributed by atoms with Gasteiger partial charge in [-0.1, -0.05) is 48.5 Å². The summed E-state index contributed by atoms with van der Waals surface area (Å²) in [5.41, 5.74) is 2.53. The third-order valence-electron chi connectivity index (χ3n) is 5.79. The van der Waals surface area contributed by atoms with E-state index in [4.69, 9.17) is 9.47 Å². The highest BCUT2D eigenvalue weighted by molar-refractivity contribution is 6.01. The molecule has 0 saturated carbocycles. The number of nitrogens with zero attached hydrogens (tertiary/aromatic N) is 3. The van der Waals surface area contributed by atoms with Crippen LogP contribution in [0.25, 0.3) is 0 Å². The summed E-state index contributed by atoms with van der Waals surface area (Å²) in [5.74, 6) is 0.482. The highest BCUT2D eigenvalue weighted by Gasteiger charge is 2.24. The first-order valence-corrected chi connectivity index (χ1v) is 11.3. The van der Waals surface area contributed by atoms with Crippen LogP contribution in [0.4, 0.5) is 17.1 Å². The number of methoxy groups -OCH3 is 1. The summed E-state index contributed by atoms with van der Waals surface area (Å²) >= 11 is 0. The Morgan fingerprint density at radius 3 is 1.91 bits per heavy atom. The lowest BCUT2D eigenvalue weighted by Crippen LogP contribution is -2.50. The Bertz CT molecular complexity index is 1040. The van der Waals surface area contributed by atoms with Crippen molar-refractivity contribution in [3.05, 3.63) is 84.9 Å². The summed E-state index contributed by atoms with van der Waals surface area (Å²) in [7, 11) is 1.66. The Labute approximate surface area is 200 Å². The van der Waals surface area contributed by atoms with Gasteiger partial charge in [0.1, 0.15) is 19.0 Å². The molecule has 1 fully saturated rings. The maximum absolute atomic E-state index is 13.0. The molecule has 3 aromatic rings. The number of carbonyl (C=O) groups excluding carboxylic acids is 2. The van der Waals surface area contributed by atoms with Gasteiger partial charge < -0.3 is 19.3 Å². The van der Waals surface area contributed by atoms with Gasteiger partial charge in [-0.05, 0) is 36.4 Å². The molecule has 0 spiro atoms. The van der Waals surface area contributed by atoms with E-state index in [0.717, 1.165) is 22.8 Å². The molecule has 3 aromatic carbocycles. The number of amides is 2. The minimum atomic E-state index is -0.230. The maximum Gasteiger partial charge on any atom is 0.257 e. The van der Waals surface area contributed by atoms with Crippen molar-refractivity contribution < 1.29 is 19.1 Å². The van der Waals surface area contributed by atoms with Gasteiger partial charge >= 0.3 is 0 Å². The molecule has 34 heavy (non-hydrogen) atoms. The topological polar surface area (TPSA) is 62.3 Å².